The molecule has 2 aromatic rings. The van der Waals surface area contributed by atoms with Crippen molar-refractivity contribution in [1.82, 2.24) is 5.32 Å². The number of rotatable bonds is 5. The first-order valence-electron chi connectivity index (χ1n) is 7.47. The van der Waals surface area contributed by atoms with E-state index in [1.807, 2.05) is 6.07 Å². The Balaban J connectivity index is 1.92. The minimum Gasteiger partial charge on any atom is -0.309 e. The third kappa shape index (κ3) is 2.83. The van der Waals surface area contributed by atoms with Crippen molar-refractivity contribution in [2.75, 3.05) is 6.54 Å². The first-order chi connectivity index (χ1) is 10.2. The molecule has 2 aromatic carbocycles. The Bertz CT molecular complexity index is 641. The molecule has 0 spiro atoms. The van der Waals surface area contributed by atoms with Crippen molar-refractivity contribution in [3.63, 3.8) is 0 Å². The predicted octanol–water partition coefficient (Wildman–Crippen LogP) is 4.86. The van der Waals surface area contributed by atoms with Crippen molar-refractivity contribution < 1.29 is 4.39 Å². The van der Waals surface area contributed by atoms with Crippen molar-refractivity contribution in [3.8, 4) is 0 Å². The second-order valence-electron chi connectivity index (χ2n) is 5.61. The fraction of sp³-hybridized carbons (Fsp3) is 0.333. The molecule has 0 saturated carbocycles. The van der Waals surface area contributed by atoms with Gasteiger partial charge in [-0.3, -0.25) is 0 Å². The summed E-state index contributed by atoms with van der Waals surface area (Å²) in [5, 5.41) is 3.95. The molecule has 2 unspecified atom stereocenters. The molecule has 0 amide bonds. The van der Waals surface area contributed by atoms with E-state index < -0.39 is 0 Å². The molecule has 1 N–H and O–H groups in total. The molecular formula is C18H19ClFN. The van der Waals surface area contributed by atoms with Gasteiger partial charge in [-0.1, -0.05) is 48.9 Å². The highest BCUT2D eigenvalue weighted by atomic mass is 35.5. The largest absolute Gasteiger partial charge is 0.309 e. The summed E-state index contributed by atoms with van der Waals surface area (Å²) in [4.78, 5) is 0. The van der Waals surface area contributed by atoms with Gasteiger partial charge in [0.25, 0.3) is 0 Å². The van der Waals surface area contributed by atoms with Crippen LogP contribution in [0.3, 0.4) is 0 Å². The van der Waals surface area contributed by atoms with Gasteiger partial charge in [0.15, 0.2) is 0 Å². The van der Waals surface area contributed by atoms with Crippen LogP contribution < -0.4 is 5.32 Å². The highest BCUT2D eigenvalue weighted by Crippen LogP contribution is 2.44. The Hall–Kier alpha value is -1.38. The van der Waals surface area contributed by atoms with Gasteiger partial charge in [0.05, 0.1) is 0 Å². The maximum absolute atomic E-state index is 14.3. The van der Waals surface area contributed by atoms with Gasteiger partial charge >= 0.3 is 0 Å². The summed E-state index contributed by atoms with van der Waals surface area (Å²) in [7, 11) is 0. The smallest absolute Gasteiger partial charge is 0.129 e. The second kappa shape index (κ2) is 6.17. The molecule has 0 heterocycles. The lowest BCUT2D eigenvalue weighted by Gasteiger charge is -2.37. The third-order valence-corrected chi connectivity index (χ3v) is 4.44. The van der Waals surface area contributed by atoms with Crippen molar-refractivity contribution in [2.45, 2.75) is 31.7 Å². The summed E-state index contributed by atoms with van der Waals surface area (Å²) < 4.78 is 14.3. The van der Waals surface area contributed by atoms with Gasteiger partial charge < -0.3 is 5.32 Å². The van der Waals surface area contributed by atoms with Crippen LogP contribution in [0.1, 0.15) is 42.0 Å². The quantitative estimate of drug-likeness (QED) is 0.832. The van der Waals surface area contributed by atoms with Gasteiger partial charge in [0, 0.05) is 22.5 Å². The van der Waals surface area contributed by atoms with Gasteiger partial charge in [-0.05, 0) is 42.6 Å². The van der Waals surface area contributed by atoms with Gasteiger partial charge in [-0.25, -0.2) is 4.39 Å². The van der Waals surface area contributed by atoms with Crippen LogP contribution in [-0.4, -0.2) is 6.54 Å². The van der Waals surface area contributed by atoms with Crippen LogP contribution in [0.15, 0.2) is 42.5 Å². The summed E-state index contributed by atoms with van der Waals surface area (Å²) in [5.74, 6) is 0.115. The molecule has 0 aromatic heterocycles. The molecule has 0 fully saturated rings. The average Bonchev–Trinajstić information content (AvgIpc) is 2.44. The highest BCUT2D eigenvalue weighted by molar-refractivity contribution is 6.30. The molecule has 3 rings (SSSR count). The van der Waals surface area contributed by atoms with Crippen molar-refractivity contribution >= 4 is 11.6 Å². The number of halogens is 2. The molecular weight excluding hydrogens is 285 g/mol. The molecule has 0 saturated heterocycles. The molecule has 3 heteroatoms. The fourth-order valence-corrected chi connectivity index (χ4v) is 3.28. The fourth-order valence-electron chi connectivity index (χ4n) is 3.12. The monoisotopic (exact) mass is 303 g/mol. The van der Waals surface area contributed by atoms with Crippen LogP contribution in [-0.2, 0) is 6.42 Å². The Morgan fingerprint density at radius 3 is 2.81 bits per heavy atom. The maximum atomic E-state index is 14.3. The van der Waals surface area contributed by atoms with Crippen molar-refractivity contribution in [3.05, 3.63) is 70.0 Å². The van der Waals surface area contributed by atoms with Gasteiger partial charge in [0.2, 0.25) is 0 Å². The van der Waals surface area contributed by atoms with Crippen LogP contribution in [0.4, 0.5) is 4.39 Å². The van der Waals surface area contributed by atoms with Crippen LogP contribution in [0.25, 0.3) is 0 Å². The molecule has 21 heavy (non-hydrogen) atoms. The van der Waals surface area contributed by atoms with Gasteiger partial charge in [-0.15, -0.1) is 0 Å². The normalized spacial score (nSPS) is 18.0. The number of nitrogens with one attached hydrogen (secondary N) is 1. The van der Waals surface area contributed by atoms with Crippen LogP contribution in [0.5, 0.6) is 0 Å². The second-order valence-corrected chi connectivity index (χ2v) is 6.04. The first kappa shape index (κ1) is 14.6. The minimum atomic E-state index is -0.222. The molecule has 1 aliphatic rings. The van der Waals surface area contributed by atoms with E-state index in [4.69, 9.17) is 11.6 Å². The van der Waals surface area contributed by atoms with Crippen LogP contribution in [0, 0.1) is 5.82 Å². The first-order valence-corrected chi connectivity index (χ1v) is 7.84. The number of hydrogen-bond donors (Lipinski definition) is 1. The Kier molecular flexibility index (Phi) is 4.27. The lowest BCUT2D eigenvalue weighted by Crippen LogP contribution is -2.34. The van der Waals surface area contributed by atoms with Crippen molar-refractivity contribution in [1.29, 1.82) is 0 Å². The molecule has 0 bridgehead atoms. The van der Waals surface area contributed by atoms with E-state index in [0.717, 1.165) is 19.4 Å². The number of fused-ring (bicyclic) bond motifs is 1. The van der Waals surface area contributed by atoms with E-state index in [9.17, 15) is 4.39 Å². The van der Waals surface area contributed by atoms with Gasteiger partial charge in [-0.2, -0.15) is 0 Å². The molecule has 110 valence electrons. The lowest BCUT2D eigenvalue weighted by atomic mass is 9.71. The number of hydrogen-bond acceptors (Lipinski definition) is 1. The minimum absolute atomic E-state index is 0.0112. The lowest BCUT2D eigenvalue weighted by molar-refractivity contribution is 0.398. The van der Waals surface area contributed by atoms with E-state index in [1.165, 1.54) is 17.2 Å². The zero-order valence-electron chi connectivity index (χ0n) is 12.1. The van der Waals surface area contributed by atoms with Crippen molar-refractivity contribution in [2.24, 2.45) is 0 Å². The zero-order valence-corrected chi connectivity index (χ0v) is 12.8. The average molecular weight is 304 g/mol. The molecule has 0 aliphatic heterocycles. The summed E-state index contributed by atoms with van der Waals surface area (Å²) >= 11 is 5.87. The highest BCUT2D eigenvalue weighted by Gasteiger charge is 2.34. The van der Waals surface area contributed by atoms with E-state index in [2.05, 4.69) is 36.5 Å². The summed E-state index contributed by atoms with van der Waals surface area (Å²) in [6.45, 7) is 3.00. The number of benzene rings is 2. The zero-order chi connectivity index (χ0) is 14.8. The summed E-state index contributed by atoms with van der Waals surface area (Å²) in [6, 6.07) is 13.4. The Morgan fingerprint density at radius 2 is 2.10 bits per heavy atom. The molecule has 1 aliphatic carbocycles. The van der Waals surface area contributed by atoms with E-state index in [0.29, 0.717) is 16.5 Å². The standard InChI is InChI=1S/C18H19ClFN/c1-2-9-21-18(15-8-7-13(19)11-17(15)20)16-10-12-5-3-4-6-14(12)16/h3-8,11,16,18,21H,2,9-10H2,1H3. The summed E-state index contributed by atoms with van der Waals surface area (Å²) in [5.41, 5.74) is 3.42. The Morgan fingerprint density at radius 1 is 1.29 bits per heavy atom. The maximum Gasteiger partial charge on any atom is 0.129 e. The summed E-state index contributed by atoms with van der Waals surface area (Å²) in [6.07, 6.45) is 2.03. The third-order valence-electron chi connectivity index (χ3n) is 4.21. The molecule has 2 atom stereocenters. The predicted molar refractivity (Wildman–Crippen MR) is 85.3 cm³/mol. The van der Waals surface area contributed by atoms with Crippen LogP contribution in [0.2, 0.25) is 5.02 Å². The van der Waals surface area contributed by atoms with E-state index in [-0.39, 0.29) is 11.9 Å². The van der Waals surface area contributed by atoms with Crippen LogP contribution >= 0.6 is 11.6 Å². The van der Waals surface area contributed by atoms with Gasteiger partial charge in [0.1, 0.15) is 5.82 Å². The Labute approximate surface area is 130 Å². The molecule has 1 nitrogen and oxygen atoms in total. The topological polar surface area (TPSA) is 12.0 Å². The van der Waals surface area contributed by atoms with E-state index in [1.54, 1.807) is 6.07 Å². The SMILES string of the molecule is CCCNC(c1ccc(Cl)cc1F)C1Cc2ccccc21. The van der Waals surface area contributed by atoms with E-state index >= 15 is 0 Å². The molecule has 0 radical (unpaired) electrons.